The number of hydrogen-bond acceptors (Lipinski definition) is 4. The monoisotopic (exact) mass is 293 g/mol. The van der Waals surface area contributed by atoms with Gasteiger partial charge in [0.1, 0.15) is 10.8 Å². The molecular weight excluding hydrogens is 277 g/mol. The van der Waals surface area contributed by atoms with E-state index in [0.29, 0.717) is 26.6 Å². The van der Waals surface area contributed by atoms with Crippen molar-refractivity contribution in [1.29, 1.82) is 0 Å². The highest BCUT2D eigenvalue weighted by molar-refractivity contribution is 7.19. The SMILES string of the molecule is Cc1c(-c2ccccc2F)sc(N)c1C(=O)OC(C)C. The van der Waals surface area contributed by atoms with Crippen molar-refractivity contribution in [3.05, 3.63) is 41.2 Å². The summed E-state index contributed by atoms with van der Waals surface area (Å²) in [5.41, 5.74) is 7.34. The Morgan fingerprint density at radius 2 is 2.00 bits per heavy atom. The van der Waals surface area contributed by atoms with Gasteiger partial charge in [-0.15, -0.1) is 11.3 Å². The topological polar surface area (TPSA) is 52.3 Å². The summed E-state index contributed by atoms with van der Waals surface area (Å²) in [6.07, 6.45) is -0.224. The van der Waals surface area contributed by atoms with Crippen LogP contribution < -0.4 is 5.73 Å². The lowest BCUT2D eigenvalue weighted by Gasteiger charge is -2.08. The van der Waals surface area contributed by atoms with Gasteiger partial charge in [0.25, 0.3) is 0 Å². The summed E-state index contributed by atoms with van der Waals surface area (Å²) in [6, 6.07) is 6.43. The highest BCUT2D eigenvalue weighted by Crippen LogP contribution is 2.39. The molecule has 1 heterocycles. The molecule has 2 aromatic rings. The number of nitrogen functional groups attached to an aromatic ring is 1. The van der Waals surface area contributed by atoms with Gasteiger partial charge < -0.3 is 10.5 Å². The van der Waals surface area contributed by atoms with E-state index < -0.39 is 5.97 Å². The third-order valence-electron chi connectivity index (χ3n) is 2.84. The van der Waals surface area contributed by atoms with Crippen molar-refractivity contribution in [2.75, 3.05) is 5.73 Å². The number of anilines is 1. The van der Waals surface area contributed by atoms with Crippen LogP contribution in [-0.4, -0.2) is 12.1 Å². The molecule has 0 amide bonds. The van der Waals surface area contributed by atoms with Gasteiger partial charge in [-0.05, 0) is 32.4 Å². The maximum absolute atomic E-state index is 13.9. The second-order valence-corrected chi connectivity index (χ2v) is 5.78. The number of halogens is 1. The highest BCUT2D eigenvalue weighted by Gasteiger charge is 2.23. The Morgan fingerprint density at radius 3 is 2.60 bits per heavy atom. The zero-order chi connectivity index (χ0) is 14.9. The third kappa shape index (κ3) is 2.67. The molecule has 0 radical (unpaired) electrons. The molecule has 1 aromatic heterocycles. The summed E-state index contributed by atoms with van der Waals surface area (Å²) in [7, 11) is 0. The molecule has 20 heavy (non-hydrogen) atoms. The number of rotatable bonds is 3. The predicted molar refractivity (Wildman–Crippen MR) is 79.4 cm³/mol. The molecule has 3 nitrogen and oxygen atoms in total. The van der Waals surface area contributed by atoms with Crippen molar-refractivity contribution in [2.24, 2.45) is 0 Å². The van der Waals surface area contributed by atoms with Gasteiger partial charge in [-0.2, -0.15) is 0 Å². The first-order valence-electron chi connectivity index (χ1n) is 6.26. The smallest absolute Gasteiger partial charge is 0.341 e. The van der Waals surface area contributed by atoms with Gasteiger partial charge in [-0.3, -0.25) is 0 Å². The van der Waals surface area contributed by atoms with E-state index in [2.05, 4.69) is 0 Å². The lowest BCUT2D eigenvalue weighted by atomic mass is 10.1. The molecule has 5 heteroatoms. The van der Waals surface area contributed by atoms with E-state index in [1.807, 2.05) is 0 Å². The summed E-state index contributed by atoms with van der Waals surface area (Å²) >= 11 is 1.20. The Hall–Kier alpha value is -1.88. The maximum Gasteiger partial charge on any atom is 0.341 e. The van der Waals surface area contributed by atoms with Crippen molar-refractivity contribution >= 4 is 22.3 Å². The molecule has 106 valence electrons. The van der Waals surface area contributed by atoms with Crippen molar-refractivity contribution in [3.63, 3.8) is 0 Å². The number of thiophene rings is 1. The lowest BCUT2D eigenvalue weighted by molar-refractivity contribution is 0.0379. The van der Waals surface area contributed by atoms with Crippen molar-refractivity contribution in [2.45, 2.75) is 26.9 Å². The Balaban J connectivity index is 2.49. The normalized spacial score (nSPS) is 10.8. The minimum atomic E-state index is -0.464. The van der Waals surface area contributed by atoms with Crippen LogP contribution in [0.1, 0.15) is 29.8 Å². The number of esters is 1. The van der Waals surface area contributed by atoms with E-state index in [1.165, 1.54) is 17.4 Å². The fourth-order valence-corrected chi connectivity index (χ4v) is 3.05. The van der Waals surface area contributed by atoms with Gasteiger partial charge in [0.15, 0.2) is 0 Å². The van der Waals surface area contributed by atoms with Crippen LogP contribution in [0.15, 0.2) is 24.3 Å². The van der Waals surface area contributed by atoms with Gasteiger partial charge in [0.05, 0.1) is 11.7 Å². The molecular formula is C15H16FNO2S. The average molecular weight is 293 g/mol. The molecule has 0 bridgehead atoms. The largest absolute Gasteiger partial charge is 0.459 e. The number of carbonyl (C=O) groups excluding carboxylic acids is 1. The van der Waals surface area contributed by atoms with Gasteiger partial charge >= 0.3 is 5.97 Å². The van der Waals surface area contributed by atoms with Crippen LogP contribution in [0.2, 0.25) is 0 Å². The van der Waals surface area contributed by atoms with E-state index >= 15 is 0 Å². The predicted octanol–water partition coefficient (Wildman–Crippen LogP) is 4.01. The molecule has 2 rings (SSSR count). The van der Waals surface area contributed by atoms with E-state index in [4.69, 9.17) is 10.5 Å². The van der Waals surface area contributed by atoms with Crippen LogP contribution in [0.3, 0.4) is 0 Å². The summed E-state index contributed by atoms with van der Waals surface area (Å²) in [4.78, 5) is 12.7. The van der Waals surface area contributed by atoms with Crippen molar-refractivity contribution in [3.8, 4) is 10.4 Å². The molecule has 0 aliphatic rings. The van der Waals surface area contributed by atoms with Crippen LogP contribution in [-0.2, 0) is 4.74 Å². The molecule has 0 fully saturated rings. The summed E-state index contributed by atoms with van der Waals surface area (Å²) < 4.78 is 19.0. The molecule has 0 spiro atoms. The summed E-state index contributed by atoms with van der Waals surface area (Å²) in [6.45, 7) is 5.30. The first-order chi connectivity index (χ1) is 9.41. The van der Waals surface area contributed by atoms with Crippen LogP contribution in [0.25, 0.3) is 10.4 Å². The number of hydrogen-bond donors (Lipinski definition) is 1. The van der Waals surface area contributed by atoms with E-state index in [1.54, 1.807) is 39.0 Å². The van der Waals surface area contributed by atoms with Crippen LogP contribution >= 0.6 is 11.3 Å². The fraction of sp³-hybridized carbons (Fsp3) is 0.267. The van der Waals surface area contributed by atoms with Crippen molar-refractivity contribution in [1.82, 2.24) is 0 Å². The molecule has 0 aliphatic heterocycles. The standard InChI is InChI=1S/C15H16FNO2S/c1-8(2)19-15(18)12-9(3)13(20-14(12)17)10-6-4-5-7-11(10)16/h4-8H,17H2,1-3H3. The van der Waals surface area contributed by atoms with Crippen molar-refractivity contribution < 1.29 is 13.9 Å². The minimum Gasteiger partial charge on any atom is -0.459 e. The highest BCUT2D eigenvalue weighted by atomic mass is 32.1. The summed E-state index contributed by atoms with van der Waals surface area (Å²) in [5.74, 6) is -0.797. The van der Waals surface area contributed by atoms with E-state index in [9.17, 15) is 9.18 Å². The van der Waals surface area contributed by atoms with E-state index in [0.717, 1.165) is 0 Å². The Bertz CT molecular complexity index is 649. The molecule has 0 saturated heterocycles. The Labute approximate surface area is 121 Å². The average Bonchev–Trinajstić information content (AvgIpc) is 2.64. The van der Waals surface area contributed by atoms with Gasteiger partial charge in [0.2, 0.25) is 0 Å². The zero-order valence-electron chi connectivity index (χ0n) is 11.6. The summed E-state index contributed by atoms with van der Waals surface area (Å²) in [5, 5.41) is 0.353. The number of nitrogens with two attached hydrogens (primary N) is 1. The quantitative estimate of drug-likeness (QED) is 0.870. The molecule has 2 N–H and O–H groups in total. The van der Waals surface area contributed by atoms with Gasteiger partial charge in [-0.25, -0.2) is 9.18 Å². The van der Waals surface area contributed by atoms with Gasteiger partial charge in [-0.1, -0.05) is 18.2 Å². The van der Waals surface area contributed by atoms with Crippen LogP contribution in [0.5, 0.6) is 0 Å². The minimum absolute atomic E-state index is 0.224. The van der Waals surface area contributed by atoms with Gasteiger partial charge in [0, 0.05) is 10.4 Å². The Kier molecular flexibility index (Phi) is 4.09. The second kappa shape index (κ2) is 5.63. The molecule has 0 aliphatic carbocycles. The first-order valence-corrected chi connectivity index (χ1v) is 7.08. The zero-order valence-corrected chi connectivity index (χ0v) is 12.4. The molecule has 0 atom stereocenters. The molecule has 0 unspecified atom stereocenters. The molecule has 1 aromatic carbocycles. The molecule has 0 saturated carbocycles. The lowest BCUT2D eigenvalue weighted by Crippen LogP contribution is -2.13. The second-order valence-electron chi connectivity index (χ2n) is 4.73. The Morgan fingerprint density at radius 1 is 1.35 bits per heavy atom. The number of benzene rings is 1. The maximum atomic E-state index is 13.9. The van der Waals surface area contributed by atoms with E-state index in [-0.39, 0.29) is 11.9 Å². The third-order valence-corrected chi connectivity index (χ3v) is 3.99. The fourth-order valence-electron chi connectivity index (χ4n) is 1.96. The van der Waals surface area contributed by atoms with Crippen LogP contribution in [0, 0.1) is 12.7 Å². The number of carbonyl (C=O) groups is 1. The number of ether oxygens (including phenoxy) is 1. The first kappa shape index (κ1) is 14.5. The van der Waals surface area contributed by atoms with Crippen LogP contribution in [0.4, 0.5) is 9.39 Å².